The molecule has 0 spiro atoms. The van der Waals surface area contributed by atoms with Gasteiger partial charge in [0.1, 0.15) is 23.7 Å². The molecule has 0 radical (unpaired) electrons. The van der Waals surface area contributed by atoms with Crippen LogP contribution in [0.4, 0.5) is 13.2 Å². The van der Waals surface area contributed by atoms with E-state index in [0.29, 0.717) is 40.7 Å². The van der Waals surface area contributed by atoms with E-state index in [-0.39, 0.29) is 24.2 Å². The number of halogens is 3. The molecule has 1 N–H and O–H groups in total. The highest BCUT2D eigenvalue weighted by atomic mass is 19.4. The average Bonchev–Trinajstić information content (AvgIpc) is 2.96. The summed E-state index contributed by atoms with van der Waals surface area (Å²) in [5.41, 5.74) is 3.38. The number of para-hydroxylation sites is 1. The number of hydrogen-bond donors (Lipinski definition) is 1. The summed E-state index contributed by atoms with van der Waals surface area (Å²) in [7, 11) is 0. The first-order chi connectivity index (χ1) is 19.3. The summed E-state index contributed by atoms with van der Waals surface area (Å²) >= 11 is 0. The molecule has 5 aromatic rings. The van der Waals surface area contributed by atoms with Gasteiger partial charge < -0.3 is 14.3 Å². The first-order valence-corrected chi connectivity index (χ1v) is 13.0. The molecule has 40 heavy (non-hydrogen) atoms. The molecule has 202 valence electrons. The van der Waals surface area contributed by atoms with Crippen LogP contribution in [0.2, 0.25) is 0 Å². The number of ether oxygens (including phenoxy) is 1. The van der Waals surface area contributed by atoms with Crippen LogP contribution in [-0.4, -0.2) is 5.11 Å². The minimum Gasteiger partial charge on any atom is -0.507 e. The molecule has 0 saturated heterocycles. The van der Waals surface area contributed by atoms with Crippen molar-refractivity contribution in [1.29, 1.82) is 0 Å². The Morgan fingerprint density at radius 1 is 0.875 bits per heavy atom. The molecule has 2 atom stereocenters. The summed E-state index contributed by atoms with van der Waals surface area (Å²) in [6.07, 6.45) is -3.15. The fraction of sp³-hybridized carbons (Fsp3) is 0.182. The van der Waals surface area contributed by atoms with Gasteiger partial charge in [-0.25, -0.2) is 4.79 Å². The topological polar surface area (TPSA) is 59.7 Å². The van der Waals surface area contributed by atoms with Crippen molar-refractivity contribution in [1.82, 2.24) is 0 Å². The van der Waals surface area contributed by atoms with Crippen LogP contribution in [0.25, 0.3) is 11.0 Å². The average molecular weight is 543 g/mol. The van der Waals surface area contributed by atoms with Crippen molar-refractivity contribution in [2.75, 3.05) is 0 Å². The van der Waals surface area contributed by atoms with E-state index >= 15 is 0 Å². The van der Waals surface area contributed by atoms with Crippen LogP contribution < -0.4 is 10.4 Å². The standard InChI is InChI=1S/C33H25F3O4/c34-33(35,36)24-13-9-20(10-14-24)19-39-25-15-11-21(12-16-25)28-18-23(17-22-5-1-2-6-26(22)28)30-31(37)27-7-3-4-8-29(27)40-32(30)38/h1-16,23,28,37H,17-19H2/t23-,28+/m1/s1. The zero-order valence-electron chi connectivity index (χ0n) is 21.3. The number of aromatic hydroxyl groups is 1. The van der Waals surface area contributed by atoms with Crippen molar-refractivity contribution in [2.24, 2.45) is 0 Å². The summed E-state index contributed by atoms with van der Waals surface area (Å²) < 4.78 is 49.8. The fourth-order valence-corrected chi connectivity index (χ4v) is 5.62. The van der Waals surface area contributed by atoms with Crippen molar-refractivity contribution in [2.45, 2.75) is 37.5 Å². The number of alkyl halides is 3. The van der Waals surface area contributed by atoms with E-state index in [1.54, 1.807) is 24.3 Å². The number of fused-ring (bicyclic) bond motifs is 2. The fourth-order valence-electron chi connectivity index (χ4n) is 5.62. The molecule has 0 saturated carbocycles. The zero-order valence-corrected chi connectivity index (χ0v) is 21.3. The van der Waals surface area contributed by atoms with Gasteiger partial charge in [0, 0.05) is 5.92 Å². The molecule has 4 nitrogen and oxygen atoms in total. The third-order valence-corrected chi connectivity index (χ3v) is 7.61. The monoisotopic (exact) mass is 542 g/mol. The van der Waals surface area contributed by atoms with E-state index in [4.69, 9.17) is 9.15 Å². The van der Waals surface area contributed by atoms with Crippen LogP contribution >= 0.6 is 0 Å². The van der Waals surface area contributed by atoms with E-state index in [2.05, 4.69) is 12.1 Å². The molecule has 0 amide bonds. The van der Waals surface area contributed by atoms with Crippen LogP contribution in [0.15, 0.2) is 106 Å². The molecule has 1 aromatic heterocycles. The third kappa shape index (κ3) is 4.95. The summed E-state index contributed by atoms with van der Waals surface area (Å²) in [5, 5.41) is 11.6. The van der Waals surface area contributed by atoms with E-state index in [1.165, 1.54) is 17.7 Å². The SMILES string of the molecule is O=c1oc2ccccc2c(O)c1[C@@H]1Cc2ccccc2[C@H](c2ccc(OCc3ccc(C(F)(F)F)cc3)cc2)C1. The van der Waals surface area contributed by atoms with Gasteiger partial charge in [0.2, 0.25) is 0 Å². The van der Waals surface area contributed by atoms with Crippen LogP contribution in [-0.2, 0) is 19.2 Å². The van der Waals surface area contributed by atoms with Gasteiger partial charge in [-0.1, -0.05) is 60.7 Å². The first kappa shape index (κ1) is 25.7. The van der Waals surface area contributed by atoms with Crippen molar-refractivity contribution >= 4 is 11.0 Å². The summed E-state index contributed by atoms with van der Waals surface area (Å²) in [6, 6.07) is 27.6. The van der Waals surface area contributed by atoms with Gasteiger partial charge in [0.25, 0.3) is 0 Å². The molecule has 4 aromatic carbocycles. The second-order valence-electron chi connectivity index (χ2n) is 10.1. The minimum atomic E-state index is -4.37. The van der Waals surface area contributed by atoms with Gasteiger partial charge in [-0.05, 0) is 77.4 Å². The van der Waals surface area contributed by atoms with Crippen molar-refractivity contribution in [3.8, 4) is 11.5 Å². The van der Waals surface area contributed by atoms with Gasteiger partial charge in [0.05, 0.1) is 16.5 Å². The highest BCUT2D eigenvalue weighted by molar-refractivity contribution is 5.84. The normalized spacial score (nSPS) is 17.0. The Kier molecular flexibility index (Phi) is 6.58. The maximum Gasteiger partial charge on any atom is 0.416 e. The van der Waals surface area contributed by atoms with Gasteiger partial charge in [-0.15, -0.1) is 0 Å². The number of benzene rings is 4. The van der Waals surface area contributed by atoms with Gasteiger partial charge in [0.15, 0.2) is 0 Å². The molecule has 6 rings (SSSR count). The van der Waals surface area contributed by atoms with Crippen molar-refractivity contribution in [3.63, 3.8) is 0 Å². The lowest BCUT2D eigenvalue weighted by Gasteiger charge is -2.32. The Balaban J connectivity index is 1.25. The summed E-state index contributed by atoms with van der Waals surface area (Å²) in [5.74, 6) is 0.305. The maximum atomic E-state index is 13.0. The molecular formula is C33H25F3O4. The highest BCUT2D eigenvalue weighted by Gasteiger charge is 2.33. The first-order valence-electron chi connectivity index (χ1n) is 13.0. The molecular weight excluding hydrogens is 517 g/mol. The Morgan fingerprint density at radius 3 is 2.33 bits per heavy atom. The lowest BCUT2D eigenvalue weighted by molar-refractivity contribution is -0.137. The molecule has 1 aliphatic rings. The molecule has 0 bridgehead atoms. The predicted octanol–water partition coefficient (Wildman–Crippen LogP) is 7.96. The highest BCUT2D eigenvalue weighted by Crippen LogP contribution is 2.45. The van der Waals surface area contributed by atoms with E-state index in [9.17, 15) is 23.1 Å². The van der Waals surface area contributed by atoms with Gasteiger partial charge >= 0.3 is 11.8 Å². The molecule has 0 aliphatic heterocycles. The van der Waals surface area contributed by atoms with Crippen LogP contribution in [0, 0.1) is 0 Å². The third-order valence-electron chi connectivity index (χ3n) is 7.61. The smallest absolute Gasteiger partial charge is 0.416 e. The van der Waals surface area contributed by atoms with Gasteiger partial charge in [-0.2, -0.15) is 13.2 Å². The van der Waals surface area contributed by atoms with Crippen LogP contribution in [0.5, 0.6) is 11.5 Å². The Hall–Kier alpha value is -4.52. The van der Waals surface area contributed by atoms with E-state index in [0.717, 1.165) is 23.3 Å². The molecule has 7 heteroatoms. The number of rotatable bonds is 5. The molecule has 0 unspecified atom stereocenters. The Bertz CT molecular complexity index is 1720. The lowest BCUT2D eigenvalue weighted by atomic mass is 9.72. The Morgan fingerprint density at radius 2 is 1.57 bits per heavy atom. The van der Waals surface area contributed by atoms with Gasteiger partial charge in [-0.3, -0.25) is 0 Å². The maximum absolute atomic E-state index is 13.0. The zero-order chi connectivity index (χ0) is 27.9. The van der Waals surface area contributed by atoms with Crippen molar-refractivity contribution < 1.29 is 27.4 Å². The van der Waals surface area contributed by atoms with E-state index < -0.39 is 17.4 Å². The quantitative estimate of drug-likeness (QED) is 0.229. The molecule has 0 fully saturated rings. The molecule has 1 heterocycles. The summed E-state index contributed by atoms with van der Waals surface area (Å²) in [4.78, 5) is 13.0. The van der Waals surface area contributed by atoms with Crippen LogP contribution in [0.1, 0.15) is 51.6 Å². The number of hydrogen-bond acceptors (Lipinski definition) is 4. The largest absolute Gasteiger partial charge is 0.507 e. The lowest BCUT2D eigenvalue weighted by Crippen LogP contribution is -2.23. The second kappa shape index (κ2) is 10.2. The minimum absolute atomic E-state index is 0.0239. The van der Waals surface area contributed by atoms with Crippen molar-refractivity contribution in [3.05, 3.63) is 141 Å². The molecule has 1 aliphatic carbocycles. The van der Waals surface area contributed by atoms with E-state index in [1.807, 2.05) is 36.4 Å². The second-order valence-corrected chi connectivity index (χ2v) is 10.1. The summed E-state index contributed by atoms with van der Waals surface area (Å²) in [6.45, 7) is 0.142. The van der Waals surface area contributed by atoms with Crippen LogP contribution in [0.3, 0.4) is 0 Å². The predicted molar refractivity (Wildman–Crippen MR) is 146 cm³/mol. The Labute approximate surface area is 228 Å².